The fourth-order valence-electron chi connectivity index (χ4n) is 3.67. The number of hydrogen-bond acceptors (Lipinski definition) is 3. The van der Waals surface area contributed by atoms with Gasteiger partial charge < -0.3 is 4.90 Å². The maximum absolute atomic E-state index is 12.3. The van der Waals surface area contributed by atoms with E-state index in [0.29, 0.717) is 13.0 Å². The molecule has 128 valence electrons. The zero-order valence-corrected chi connectivity index (χ0v) is 14.6. The first-order chi connectivity index (χ1) is 10.5. The molecule has 0 radical (unpaired) electrons. The van der Waals surface area contributed by atoms with Gasteiger partial charge in [0.2, 0.25) is 15.9 Å². The number of amides is 1. The van der Waals surface area contributed by atoms with E-state index < -0.39 is 10.0 Å². The van der Waals surface area contributed by atoms with E-state index >= 15 is 0 Å². The van der Waals surface area contributed by atoms with Crippen molar-refractivity contribution >= 4 is 15.9 Å². The van der Waals surface area contributed by atoms with Crippen LogP contribution in [-0.2, 0) is 14.8 Å². The van der Waals surface area contributed by atoms with Crippen LogP contribution in [0.1, 0.15) is 64.2 Å². The molecule has 0 aromatic carbocycles. The lowest BCUT2D eigenvalue weighted by Crippen LogP contribution is -2.43. The Hall–Kier alpha value is -0.620. The molecule has 0 N–H and O–H groups in total. The summed E-state index contributed by atoms with van der Waals surface area (Å²) < 4.78 is 25.9. The van der Waals surface area contributed by atoms with Crippen LogP contribution in [0.5, 0.6) is 0 Å². The summed E-state index contributed by atoms with van der Waals surface area (Å²) in [7, 11) is -3.24. The van der Waals surface area contributed by atoms with Gasteiger partial charge in [0.15, 0.2) is 0 Å². The lowest BCUT2D eigenvalue weighted by molar-refractivity contribution is -0.132. The van der Waals surface area contributed by atoms with Crippen molar-refractivity contribution in [1.82, 2.24) is 9.21 Å². The van der Waals surface area contributed by atoms with E-state index in [1.54, 1.807) is 4.31 Å². The van der Waals surface area contributed by atoms with Gasteiger partial charge >= 0.3 is 0 Å². The lowest BCUT2D eigenvalue weighted by atomic mass is 10.1. The van der Waals surface area contributed by atoms with E-state index in [4.69, 9.17) is 0 Å². The second kappa shape index (κ2) is 8.29. The van der Waals surface area contributed by atoms with Gasteiger partial charge in [-0.3, -0.25) is 4.79 Å². The number of sulfonamides is 1. The molecule has 5 nitrogen and oxygen atoms in total. The molecule has 0 atom stereocenters. The molecule has 0 unspecified atom stereocenters. The number of likely N-dealkylation sites (tertiary alicyclic amines) is 1. The van der Waals surface area contributed by atoms with Crippen LogP contribution in [0.3, 0.4) is 0 Å². The van der Waals surface area contributed by atoms with Crippen molar-refractivity contribution in [2.24, 2.45) is 0 Å². The molecule has 0 aromatic rings. The minimum atomic E-state index is -3.24. The molecule has 0 spiro atoms. The molecular weight excluding hydrogens is 300 g/mol. The third kappa shape index (κ3) is 5.23. The molecule has 1 aliphatic heterocycles. The number of carbonyl (C=O) groups is 1. The minimum absolute atomic E-state index is 0.0895. The molecule has 1 saturated carbocycles. The molecule has 1 saturated heterocycles. The van der Waals surface area contributed by atoms with Crippen LogP contribution in [0.25, 0.3) is 0 Å². The molecule has 0 bridgehead atoms. The highest BCUT2D eigenvalue weighted by Crippen LogP contribution is 2.24. The number of rotatable bonds is 5. The Morgan fingerprint density at radius 3 is 2.09 bits per heavy atom. The van der Waals surface area contributed by atoms with E-state index in [-0.39, 0.29) is 11.9 Å². The first-order valence-corrected chi connectivity index (χ1v) is 10.6. The summed E-state index contributed by atoms with van der Waals surface area (Å²) >= 11 is 0. The fourth-order valence-corrected chi connectivity index (χ4v) is 4.85. The molecule has 22 heavy (non-hydrogen) atoms. The monoisotopic (exact) mass is 330 g/mol. The van der Waals surface area contributed by atoms with E-state index in [0.717, 1.165) is 51.6 Å². The molecule has 2 fully saturated rings. The Morgan fingerprint density at radius 2 is 1.55 bits per heavy atom. The Bertz CT molecular complexity index is 450. The Kier molecular flexibility index (Phi) is 6.68. The lowest BCUT2D eigenvalue weighted by Gasteiger charge is -2.31. The second-order valence-electron chi connectivity index (χ2n) is 6.71. The number of carbonyl (C=O) groups excluding carboxylic acids is 1. The predicted molar refractivity (Wildman–Crippen MR) is 88.1 cm³/mol. The van der Waals surface area contributed by atoms with Gasteiger partial charge in [0.1, 0.15) is 0 Å². The summed E-state index contributed by atoms with van der Waals surface area (Å²) in [6, 6.07) is 0.0895. The zero-order chi connectivity index (χ0) is 16.0. The zero-order valence-electron chi connectivity index (χ0n) is 13.8. The third-order valence-corrected chi connectivity index (χ3v) is 6.25. The highest BCUT2D eigenvalue weighted by Gasteiger charge is 2.28. The van der Waals surface area contributed by atoms with E-state index in [1.165, 1.54) is 25.5 Å². The van der Waals surface area contributed by atoms with Gasteiger partial charge in [0, 0.05) is 32.1 Å². The third-order valence-electron chi connectivity index (χ3n) is 4.91. The van der Waals surface area contributed by atoms with Crippen LogP contribution < -0.4 is 0 Å². The van der Waals surface area contributed by atoms with Gasteiger partial charge in [-0.2, -0.15) is 4.31 Å². The highest BCUT2D eigenvalue weighted by atomic mass is 32.2. The molecule has 1 amide bonds. The number of nitrogens with zero attached hydrogens (tertiary/aromatic N) is 2. The van der Waals surface area contributed by atoms with Crippen LogP contribution in [0.2, 0.25) is 0 Å². The summed E-state index contributed by atoms with van der Waals surface area (Å²) in [4.78, 5) is 14.2. The quantitative estimate of drug-likeness (QED) is 0.727. The maximum atomic E-state index is 12.3. The van der Waals surface area contributed by atoms with Gasteiger partial charge in [-0.15, -0.1) is 0 Å². The number of piperidine rings is 1. The topological polar surface area (TPSA) is 57.7 Å². The standard InChI is InChI=1S/C16H30N2O3S/c1-22(20,21)18(15-9-5-2-3-6-10-15)14-11-16(19)17-12-7-4-8-13-17/h15H,2-14H2,1H3. The fraction of sp³-hybridized carbons (Fsp3) is 0.938. The van der Waals surface area contributed by atoms with Crippen LogP contribution in [-0.4, -0.2) is 55.5 Å². The Morgan fingerprint density at radius 1 is 1.00 bits per heavy atom. The van der Waals surface area contributed by atoms with Crippen molar-refractivity contribution < 1.29 is 13.2 Å². The summed E-state index contributed by atoms with van der Waals surface area (Å²) in [5.41, 5.74) is 0. The van der Waals surface area contributed by atoms with Crippen LogP contribution in [0.15, 0.2) is 0 Å². The van der Waals surface area contributed by atoms with Gasteiger partial charge in [-0.1, -0.05) is 25.7 Å². The molecule has 1 aliphatic carbocycles. The predicted octanol–water partition coefficient (Wildman–Crippen LogP) is 2.37. The van der Waals surface area contributed by atoms with Crippen molar-refractivity contribution in [2.75, 3.05) is 25.9 Å². The van der Waals surface area contributed by atoms with Gasteiger partial charge in [0.05, 0.1) is 6.26 Å². The van der Waals surface area contributed by atoms with E-state index in [2.05, 4.69) is 0 Å². The van der Waals surface area contributed by atoms with Crippen molar-refractivity contribution in [2.45, 2.75) is 70.3 Å². The molecule has 0 aromatic heterocycles. The van der Waals surface area contributed by atoms with Crippen molar-refractivity contribution in [3.8, 4) is 0 Å². The molecule has 2 rings (SSSR count). The van der Waals surface area contributed by atoms with Gasteiger partial charge in [-0.05, 0) is 32.1 Å². The summed E-state index contributed by atoms with van der Waals surface area (Å²) in [6.45, 7) is 2.01. The molecule has 6 heteroatoms. The highest BCUT2D eigenvalue weighted by molar-refractivity contribution is 7.88. The summed E-state index contributed by atoms with van der Waals surface area (Å²) in [6.07, 6.45) is 11.4. The van der Waals surface area contributed by atoms with Crippen molar-refractivity contribution in [3.63, 3.8) is 0 Å². The first-order valence-electron chi connectivity index (χ1n) is 8.73. The average Bonchev–Trinajstić information content (AvgIpc) is 2.76. The largest absolute Gasteiger partial charge is 0.343 e. The SMILES string of the molecule is CS(=O)(=O)N(CCC(=O)N1CCCCC1)C1CCCCCC1. The first kappa shape index (κ1) is 17.7. The van der Waals surface area contributed by atoms with E-state index in [9.17, 15) is 13.2 Å². The van der Waals surface area contributed by atoms with Gasteiger partial charge in [0.25, 0.3) is 0 Å². The van der Waals surface area contributed by atoms with Crippen LogP contribution in [0, 0.1) is 0 Å². The molecule has 1 heterocycles. The van der Waals surface area contributed by atoms with Gasteiger partial charge in [-0.25, -0.2) is 8.42 Å². The molecule has 2 aliphatic rings. The van der Waals surface area contributed by atoms with Crippen LogP contribution >= 0.6 is 0 Å². The Labute approximate surface area is 135 Å². The summed E-state index contributed by atoms with van der Waals surface area (Å²) in [5.74, 6) is 0.113. The van der Waals surface area contributed by atoms with Crippen molar-refractivity contribution in [3.05, 3.63) is 0 Å². The smallest absolute Gasteiger partial charge is 0.223 e. The summed E-state index contributed by atoms with van der Waals surface area (Å²) in [5, 5.41) is 0. The molecular formula is C16H30N2O3S. The minimum Gasteiger partial charge on any atom is -0.343 e. The van der Waals surface area contributed by atoms with E-state index in [1.807, 2.05) is 4.90 Å². The average molecular weight is 330 g/mol. The van der Waals surface area contributed by atoms with Crippen LogP contribution in [0.4, 0.5) is 0 Å². The number of hydrogen-bond donors (Lipinski definition) is 0. The Balaban J connectivity index is 1.93. The maximum Gasteiger partial charge on any atom is 0.223 e. The second-order valence-corrected chi connectivity index (χ2v) is 8.65. The van der Waals surface area contributed by atoms with Crippen molar-refractivity contribution in [1.29, 1.82) is 0 Å². The normalized spacial score (nSPS) is 21.8.